The maximum atomic E-state index is 12.4. The van der Waals surface area contributed by atoms with Gasteiger partial charge in [0.2, 0.25) is 5.95 Å². The van der Waals surface area contributed by atoms with Crippen molar-refractivity contribution in [3.8, 4) is 0 Å². The van der Waals surface area contributed by atoms with Gasteiger partial charge in [0, 0.05) is 38.0 Å². The Morgan fingerprint density at radius 1 is 0.932 bits per heavy atom. The fraction of sp³-hybridized carbons (Fsp3) is 0.400. The van der Waals surface area contributed by atoms with E-state index >= 15 is 0 Å². The van der Waals surface area contributed by atoms with Crippen molar-refractivity contribution in [1.29, 1.82) is 0 Å². The van der Waals surface area contributed by atoms with Crippen LogP contribution in [0.2, 0.25) is 0 Å². The number of hydroxylamine groups is 2. The smallest absolute Gasteiger partial charge is 0.427 e. The van der Waals surface area contributed by atoms with Crippen molar-refractivity contribution in [1.82, 2.24) is 15.0 Å². The van der Waals surface area contributed by atoms with Crippen LogP contribution in [0, 0.1) is 0 Å². The molecule has 0 bridgehead atoms. The van der Waals surface area contributed by atoms with Crippen molar-refractivity contribution in [2.24, 2.45) is 0 Å². The van der Waals surface area contributed by atoms with Gasteiger partial charge in [0.05, 0.1) is 25.9 Å². The quantitative estimate of drug-likeness (QED) is 0.138. The van der Waals surface area contributed by atoms with E-state index in [1.165, 1.54) is 16.3 Å². The Hall–Kier alpha value is -4.05. The summed E-state index contributed by atoms with van der Waals surface area (Å²) in [5.74, 6) is 0.616. The number of carbonyl (C=O) groups is 1. The largest absolute Gasteiger partial charge is 0.528 e. The standard InChI is InChI=1S/C35H42N4O5/c1-35(2,3)43-34(40)44-39-18-16-31(32(23-39)42-25-27-14-15-28-12-7-8-13-29(28)20-27)30-21-37-33(38-22-30)36-17-9-19-41-24-26-10-5-4-6-11-26/h4-8,10-15,20-22,31-32H,9,16-19,23-25H2,1-3H3,(H,36,37,38). The summed E-state index contributed by atoms with van der Waals surface area (Å²) in [7, 11) is 0. The molecule has 5 rings (SSSR count). The van der Waals surface area contributed by atoms with Crippen LogP contribution in [-0.4, -0.2) is 59.1 Å². The molecule has 1 saturated heterocycles. The van der Waals surface area contributed by atoms with Crippen LogP contribution in [0.15, 0.2) is 85.2 Å². The summed E-state index contributed by atoms with van der Waals surface area (Å²) < 4.78 is 17.6. The minimum atomic E-state index is -0.714. The van der Waals surface area contributed by atoms with Gasteiger partial charge in [-0.05, 0) is 67.1 Å². The van der Waals surface area contributed by atoms with E-state index in [1.54, 1.807) is 5.06 Å². The molecule has 0 radical (unpaired) electrons. The van der Waals surface area contributed by atoms with Crippen molar-refractivity contribution in [3.63, 3.8) is 0 Å². The summed E-state index contributed by atoms with van der Waals surface area (Å²) in [6.45, 7) is 8.79. The number of ether oxygens (including phenoxy) is 3. The molecule has 1 aromatic heterocycles. The molecule has 0 amide bonds. The van der Waals surface area contributed by atoms with Crippen LogP contribution in [-0.2, 0) is 32.3 Å². The second kappa shape index (κ2) is 15.1. The van der Waals surface area contributed by atoms with Gasteiger partial charge < -0.3 is 24.4 Å². The summed E-state index contributed by atoms with van der Waals surface area (Å²) in [5, 5.41) is 7.27. The molecule has 0 saturated carbocycles. The number of fused-ring (bicyclic) bond motifs is 1. The Labute approximate surface area is 259 Å². The molecular weight excluding hydrogens is 556 g/mol. The summed E-state index contributed by atoms with van der Waals surface area (Å²) >= 11 is 0. The minimum absolute atomic E-state index is 0.0365. The normalized spacial score (nSPS) is 17.3. The molecule has 2 heterocycles. The lowest BCUT2D eigenvalue weighted by atomic mass is 9.89. The van der Waals surface area contributed by atoms with Gasteiger partial charge in [0.1, 0.15) is 5.60 Å². The second-order valence-corrected chi connectivity index (χ2v) is 12.0. The third-order valence-corrected chi connectivity index (χ3v) is 7.35. The number of benzene rings is 3. The van der Waals surface area contributed by atoms with Gasteiger partial charge in [0.25, 0.3) is 0 Å². The average molecular weight is 599 g/mol. The molecule has 9 heteroatoms. The molecule has 4 aromatic rings. The minimum Gasteiger partial charge on any atom is -0.427 e. The highest BCUT2D eigenvalue weighted by molar-refractivity contribution is 5.82. The maximum Gasteiger partial charge on any atom is 0.528 e. The molecule has 1 aliphatic rings. The Kier molecular flexibility index (Phi) is 10.8. The van der Waals surface area contributed by atoms with E-state index in [0.717, 1.165) is 17.5 Å². The van der Waals surface area contributed by atoms with E-state index in [2.05, 4.69) is 57.7 Å². The summed E-state index contributed by atoms with van der Waals surface area (Å²) in [6.07, 6.45) is 4.32. The van der Waals surface area contributed by atoms with Crippen molar-refractivity contribution < 1.29 is 23.8 Å². The third kappa shape index (κ3) is 9.47. The van der Waals surface area contributed by atoms with Crippen LogP contribution < -0.4 is 5.32 Å². The third-order valence-electron chi connectivity index (χ3n) is 7.35. The maximum absolute atomic E-state index is 12.4. The summed E-state index contributed by atoms with van der Waals surface area (Å²) in [4.78, 5) is 27.1. The second-order valence-electron chi connectivity index (χ2n) is 12.0. The highest BCUT2D eigenvalue weighted by Gasteiger charge is 2.34. The summed E-state index contributed by atoms with van der Waals surface area (Å²) in [5.41, 5.74) is 2.60. The molecule has 232 valence electrons. The average Bonchev–Trinajstić information content (AvgIpc) is 3.01. The number of carbonyl (C=O) groups excluding carboxylic acids is 1. The number of nitrogens with one attached hydrogen (secondary N) is 1. The number of nitrogens with zero attached hydrogens (tertiary/aromatic N) is 3. The van der Waals surface area contributed by atoms with Crippen molar-refractivity contribution >= 4 is 22.9 Å². The van der Waals surface area contributed by atoms with Crippen molar-refractivity contribution in [2.45, 2.75) is 64.4 Å². The van der Waals surface area contributed by atoms with Gasteiger partial charge in [-0.25, -0.2) is 14.8 Å². The zero-order chi connectivity index (χ0) is 30.8. The first-order valence-corrected chi connectivity index (χ1v) is 15.2. The molecule has 44 heavy (non-hydrogen) atoms. The summed E-state index contributed by atoms with van der Waals surface area (Å²) in [6, 6.07) is 24.8. The van der Waals surface area contributed by atoms with E-state index in [4.69, 9.17) is 19.0 Å². The van der Waals surface area contributed by atoms with E-state index in [0.29, 0.717) is 51.8 Å². The molecule has 9 nitrogen and oxygen atoms in total. The molecular formula is C35H42N4O5. The molecule has 1 fully saturated rings. The fourth-order valence-corrected chi connectivity index (χ4v) is 5.19. The first-order valence-electron chi connectivity index (χ1n) is 15.2. The first kappa shape index (κ1) is 31.4. The Morgan fingerprint density at radius 2 is 1.68 bits per heavy atom. The van der Waals surface area contributed by atoms with Crippen molar-refractivity contribution in [3.05, 3.63) is 102 Å². The zero-order valence-electron chi connectivity index (χ0n) is 25.8. The molecule has 1 aliphatic heterocycles. The number of hydrogen-bond acceptors (Lipinski definition) is 9. The van der Waals surface area contributed by atoms with Crippen LogP contribution in [0.3, 0.4) is 0 Å². The van der Waals surface area contributed by atoms with Crippen LogP contribution >= 0.6 is 0 Å². The van der Waals surface area contributed by atoms with Crippen LogP contribution in [0.4, 0.5) is 10.7 Å². The van der Waals surface area contributed by atoms with Crippen LogP contribution in [0.25, 0.3) is 10.8 Å². The van der Waals surface area contributed by atoms with Gasteiger partial charge >= 0.3 is 6.16 Å². The number of hydrogen-bond donors (Lipinski definition) is 1. The van der Waals surface area contributed by atoms with E-state index in [1.807, 2.05) is 63.5 Å². The first-order chi connectivity index (χ1) is 21.3. The Bertz CT molecular complexity index is 1480. The number of anilines is 1. The molecule has 2 unspecified atom stereocenters. The lowest BCUT2D eigenvalue weighted by molar-refractivity contribution is -0.179. The molecule has 3 aromatic carbocycles. The highest BCUT2D eigenvalue weighted by atomic mass is 16.8. The van der Waals surface area contributed by atoms with E-state index in [9.17, 15) is 4.79 Å². The van der Waals surface area contributed by atoms with E-state index in [-0.39, 0.29) is 12.0 Å². The van der Waals surface area contributed by atoms with Gasteiger partial charge in [-0.2, -0.15) is 0 Å². The molecule has 0 spiro atoms. The lowest BCUT2D eigenvalue weighted by Crippen LogP contribution is -2.45. The lowest BCUT2D eigenvalue weighted by Gasteiger charge is -2.37. The fourth-order valence-electron chi connectivity index (χ4n) is 5.19. The van der Waals surface area contributed by atoms with Crippen molar-refractivity contribution in [2.75, 3.05) is 31.6 Å². The monoisotopic (exact) mass is 598 g/mol. The predicted molar refractivity (Wildman–Crippen MR) is 170 cm³/mol. The SMILES string of the molecule is CC(C)(C)OC(=O)ON1CCC(c2cnc(NCCCOCc3ccccc3)nc2)C(OCc2ccc3ccccc3c2)C1. The Balaban J connectivity index is 1.17. The van der Waals surface area contributed by atoms with Gasteiger partial charge in [0.15, 0.2) is 0 Å². The number of piperidine rings is 1. The zero-order valence-corrected chi connectivity index (χ0v) is 25.8. The van der Waals surface area contributed by atoms with Gasteiger partial charge in [-0.3, -0.25) is 0 Å². The Morgan fingerprint density at radius 3 is 2.45 bits per heavy atom. The molecule has 2 atom stereocenters. The molecule has 0 aliphatic carbocycles. The topological polar surface area (TPSA) is 95.0 Å². The van der Waals surface area contributed by atoms with Crippen LogP contribution in [0.1, 0.15) is 56.2 Å². The van der Waals surface area contributed by atoms with Crippen LogP contribution in [0.5, 0.6) is 0 Å². The number of rotatable bonds is 12. The predicted octanol–water partition coefficient (Wildman–Crippen LogP) is 6.89. The van der Waals surface area contributed by atoms with Gasteiger partial charge in [-0.1, -0.05) is 66.7 Å². The number of aromatic nitrogens is 2. The van der Waals surface area contributed by atoms with Gasteiger partial charge in [-0.15, -0.1) is 5.06 Å². The van der Waals surface area contributed by atoms with E-state index < -0.39 is 11.8 Å². The molecule has 1 N–H and O–H groups in total. The highest BCUT2D eigenvalue weighted by Crippen LogP contribution is 2.31.